The second kappa shape index (κ2) is 4.92. The number of nitrogens with zero attached hydrogens (tertiary/aromatic N) is 5. The van der Waals surface area contributed by atoms with Gasteiger partial charge in [0.15, 0.2) is 5.65 Å². The molecule has 0 saturated heterocycles. The molecule has 102 valence electrons. The molecule has 20 heavy (non-hydrogen) atoms. The summed E-state index contributed by atoms with van der Waals surface area (Å²) in [7, 11) is 2.04. The van der Waals surface area contributed by atoms with Gasteiger partial charge in [-0.2, -0.15) is 4.52 Å². The standard InChI is InChI=1S/C15H17N5/c1-11-4-5-13(12(2)8-11)9-19(3)15-7-6-14-17-16-10-20(14)18-15/h4-8,10H,9H2,1-3H3. The van der Waals surface area contributed by atoms with E-state index in [-0.39, 0.29) is 0 Å². The van der Waals surface area contributed by atoms with Crippen molar-refractivity contribution in [3.05, 3.63) is 53.3 Å². The van der Waals surface area contributed by atoms with E-state index >= 15 is 0 Å². The second-order valence-corrected chi connectivity index (χ2v) is 5.11. The SMILES string of the molecule is Cc1ccc(CN(C)c2ccc3nncn3n2)c(C)c1. The summed E-state index contributed by atoms with van der Waals surface area (Å²) in [5.41, 5.74) is 4.66. The quantitative estimate of drug-likeness (QED) is 0.731. The van der Waals surface area contributed by atoms with Gasteiger partial charge in [-0.05, 0) is 37.1 Å². The minimum atomic E-state index is 0.758. The van der Waals surface area contributed by atoms with Crippen LogP contribution in [0.2, 0.25) is 0 Å². The maximum Gasteiger partial charge on any atom is 0.177 e. The van der Waals surface area contributed by atoms with Crippen LogP contribution in [0, 0.1) is 13.8 Å². The van der Waals surface area contributed by atoms with Crippen molar-refractivity contribution in [3.8, 4) is 0 Å². The number of anilines is 1. The van der Waals surface area contributed by atoms with Gasteiger partial charge in [-0.25, -0.2) is 0 Å². The maximum absolute atomic E-state index is 4.50. The number of benzene rings is 1. The van der Waals surface area contributed by atoms with Crippen LogP contribution in [0.5, 0.6) is 0 Å². The maximum atomic E-state index is 4.50. The van der Waals surface area contributed by atoms with Gasteiger partial charge in [0.1, 0.15) is 12.1 Å². The van der Waals surface area contributed by atoms with E-state index in [0.717, 1.165) is 18.0 Å². The predicted octanol–water partition coefficient (Wildman–Crippen LogP) is 2.38. The highest BCUT2D eigenvalue weighted by Crippen LogP contribution is 2.16. The highest BCUT2D eigenvalue weighted by molar-refractivity contribution is 5.45. The average Bonchev–Trinajstić information content (AvgIpc) is 2.89. The lowest BCUT2D eigenvalue weighted by atomic mass is 10.1. The van der Waals surface area contributed by atoms with Crippen LogP contribution >= 0.6 is 0 Å². The number of fused-ring (bicyclic) bond motifs is 1. The molecular formula is C15H17N5. The molecule has 0 atom stereocenters. The molecule has 1 aromatic carbocycles. The van der Waals surface area contributed by atoms with Crippen molar-refractivity contribution in [2.75, 3.05) is 11.9 Å². The van der Waals surface area contributed by atoms with E-state index in [1.165, 1.54) is 16.7 Å². The molecule has 3 rings (SSSR count). The summed E-state index contributed by atoms with van der Waals surface area (Å²) in [5, 5.41) is 12.3. The third-order valence-electron chi connectivity index (χ3n) is 3.44. The molecule has 0 radical (unpaired) electrons. The molecule has 5 nitrogen and oxygen atoms in total. The molecule has 2 heterocycles. The smallest absolute Gasteiger partial charge is 0.177 e. The van der Waals surface area contributed by atoms with Crippen LogP contribution in [0.3, 0.4) is 0 Å². The number of aryl methyl sites for hydroxylation is 2. The number of hydrogen-bond acceptors (Lipinski definition) is 4. The molecule has 0 fully saturated rings. The fourth-order valence-electron chi connectivity index (χ4n) is 2.28. The minimum absolute atomic E-state index is 0.758. The molecule has 0 unspecified atom stereocenters. The van der Waals surface area contributed by atoms with Crippen molar-refractivity contribution in [3.63, 3.8) is 0 Å². The topological polar surface area (TPSA) is 46.3 Å². The van der Waals surface area contributed by atoms with Crippen LogP contribution in [0.1, 0.15) is 16.7 Å². The van der Waals surface area contributed by atoms with Crippen molar-refractivity contribution in [1.29, 1.82) is 0 Å². The van der Waals surface area contributed by atoms with Gasteiger partial charge in [-0.3, -0.25) is 0 Å². The number of aromatic nitrogens is 4. The normalized spacial score (nSPS) is 10.9. The van der Waals surface area contributed by atoms with E-state index < -0.39 is 0 Å². The molecule has 0 bridgehead atoms. The minimum Gasteiger partial charge on any atom is -0.354 e. The van der Waals surface area contributed by atoms with Crippen molar-refractivity contribution in [2.24, 2.45) is 0 Å². The second-order valence-electron chi connectivity index (χ2n) is 5.11. The molecule has 0 N–H and O–H groups in total. The molecular weight excluding hydrogens is 250 g/mol. The highest BCUT2D eigenvalue weighted by atomic mass is 15.4. The summed E-state index contributed by atoms with van der Waals surface area (Å²) in [4.78, 5) is 2.12. The molecule has 0 amide bonds. The molecule has 3 aromatic rings. The molecule has 0 saturated carbocycles. The monoisotopic (exact) mass is 267 g/mol. The summed E-state index contributed by atoms with van der Waals surface area (Å²) in [6, 6.07) is 10.4. The van der Waals surface area contributed by atoms with Crippen molar-refractivity contribution < 1.29 is 0 Å². The zero-order valence-electron chi connectivity index (χ0n) is 11.9. The van der Waals surface area contributed by atoms with E-state index in [1.807, 2.05) is 19.2 Å². The summed E-state index contributed by atoms with van der Waals surface area (Å²) >= 11 is 0. The van der Waals surface area contributed by atoms with Gasteiger partial charge in [-0.1, -0.05) is 23.8 Å². The Labute approximate surface area is 117 Å². The van der Waals surface area contributed by atoms with Crippen LogP contribution in [0.4, 0.5) is 5.82 Å². The Balaban J connectivity index is 1.86. The lowest BCUT2D eigenvalue weighted by Gasteiger charge is -2.19. The third-order valence-corrected chi connectivity index (χ3v) is 3.44. The number of hydrogen-bond donors (Lipinski definition) is 0. The van der Waals surface area contributed by atoms with Gasteiger partial charge >= 0.3 is 0 Å². The lowest BCUT2D eigenvalue weighted by molar-refractivity contribution is 0.835. The predicted molar refractivity (Wildman–Crippen MR) is 78.8 cm³/mol. The molecule has 0 aliphatic carbocycles. The van der Waals surface area contributed by atoms with Gasteiger partial charge in [0.2, 0.25) is 0 Å². The van der Waals surface area contributed by atoms with Gasteiger partial charge in [-0.15, -0.1) is 15.3 Å². The molecule has 0 aliphatic heterocycles. The van der Waals surface area contributed by atoms with Crippen molar-refractivity contribution >= 4 is 11.5 Å². The van der Waals surface area contributed by atoms with Crippen LogP contribution < -0.4 is 4.90 Å². The van der Waals surface area contributed by atoms with Gasteiger partial charge in [0.25, 0.3) is 0 Å². The van der Waals surface area contributed by atoms with E-state index in [0.29, 0.717) is 0 Å². The molecule has 0 aliphatic rings. The fourth-order valence-corrected chi connectivity index (χ4v) is 2.28. The Hall–Kier alpha value is -2.43. The summed E-state index contributed by atoms with van der Waals surface area (Å²) in [6.07, 6.45) is 1.61. The lowest BCUT2D eigenvalue weighted by Crippen LogP contribution is -2.19. The van der Waals surface area contributed by atoms with E-state index in [1.54, 1.807) is 10.8 Å². The Morgan fingerprint density at radius 1 is 1.15 bits per heavy atom. The van der Waals surface area contributed by atoms with Crippen LogP contribution in [-0.2, 0) is 6.54 Å². The zero-order valence-corrected chi connectivity index (χ0v) is 11.9. The first-order valence-electron chi connectivity index (χ1n) is 6.58. The molecule has 5 heteroatoms. The Morgan fingerprint density at radius 3 is 2.80 bits per heavy atom. The first kappa shape index (κ1) is 12.6. The van der Waals surface area contributed by atoms with E-state index in [9.17, 15) is 0 Å². The number of rotatable bonds is 3. The van der Waals surface area contributed by atoms with E-state index in [2.05, 4.69) is 52.2 Å². The molecule has 2 aromatic heterocycles. The first-order chi connectivity index (χ1) is 9.63. The van der Waals surface area contributed by atoms with Gasteiger partial charge < -0.3 is 4.90 Å². The highest BCUT2D eigenvalue weighted by Gasteiger charge is 2.07. The zero-order chi connectivity index (χ0) is 14.1. The summed E-state index contributed by atoms with van der Waals surface area (Å²) in [6.45, 7) is 5.08. The third kappa shape index (κ3) is 2.34. The Bertz CT molecular complexity index is 747. The average molecular weight is 267 g/mol. The Morgan fingerprint density at radius 2 is 2.00 bits per heavy atom. The Kier molecular flexibility index (Phi) is 3.10. The van der Waals surface area contributed by atoms with Crippen LogP contribution in [0.15, 0.2) is 36.7 Å². The van der Waals surface area contributed by atoms with Crippen LogP contribution in [0.25, 0.3) is 5.65 Å². The molecule has 0 spiro atoms. The summed E-state index contributed by atoms with van der Waals surface area (Å²) < 4.78 is 1.69. The van der Waals surface area contributed by atoms with Gasteiger partial charge in [0, 0.05) is 13.6 Å². The van der Waals surface area contributed by atoms with Crippen molar-refractivity contribution in [1.82, 2.24) is 19.8 Å². The van der Waals surface area contributed by atoms with Crippen molar-refractivity contribution in [2.45, 2.75) is 20.4 Å². The first-order valence-corrected chi connectivity index (χ1v) is 6.58. The van der Waals surface area contributed by atoms with Gasteiger partial charge in [0.05, 0.1) is 0 Å². The largest absolute Gasteiger partial charge is 0.354 e. The summed E-state index contributed by atoms with van der Waals surface area (Å²) in [5.74, 6) is 0.900. The fraction of sp³-hybridized carbons (Fsp3) is 0.267. The van der Waals surface area contributed by atoms with E-state index in [4.69, 9.17) is 0 Å². The van der Waals surface area contributed by atoms with Crippen LogP contribution in [-0.4, -0.2) is 26.9 Å².